The van der Waals surface area contributed by atoms with Crippen molar-refractivity contribution in [2.45, 2.75) is 50.9 Å². The van der Waals surface area contributed by atoms with Gasteiger partial charge in [-0.25, -0.2) is 14.6 Å². The van der Waals surface area contributed by atoms with Gasteiger partial charge in [-0.1, -0.05) is 0 Å². The van der Waals surface area contributed by atoms with Crippen LogP contribution in [-0.4, -0.2) is 58.1 Å². The van der Waals surface area contributed by atoms with Gasteiger partial charge in [-0.2, -0.15) is 5.10 Å². The molecule has 4 heterocycles. The zero-order valence-electron chi connectivity index (χ0n) is 16.2. The molecule has 0 amide bonds. The number of rotatable bonds is 5. The third-order valence-corrected chi connectivity index (χ3v) is 5.08. The van der Waals surface area contributed by atoms with E-state index in [1.165, 1.54) is 0 Å². The molecule has 0 radical (unpaired) electrons. The standard InChI is InChI=1S/C19H27N7O2/c1-20-19(25-15-2-3-17-23-13-24-26(17)12-15)22-11-14-4-7-21-18(10-14)28-16-5-8-27-9-6-16/h4,7,10,13,15-16H,2-3,5-6,8-9,11-12H2,1H3,(H2,20,22,25). The second kappa shape index (κ2) is 9.01. The fourth-order valence-electron chi connectivity index (χ4n) is 3.52. The molecule has 0 aromatic carbocycles. The molecule has 2 aliphatic rings. The monoisotopic (exact) mass is 385 g/mol. The van der Waals surface area contributed by atoms with Gasteiger partial charge < -0.3 is 20.1 Å². The highest BCUT2D eigenvalue weighted by Crippen LogP contribution is 2.17. The van der Waals surface area contributed by atoms with Crippen molar-refractivity contribution in [3.63, 3.8) is 0 Å². The first-order valence-corrected chi connectivity index (χ1v) is 9.83. The lowest BCUT2D eigenvalue weighted by atomic mass is 10.1. The maximum atomic E-state index is 6.00. The van der Waals surface area contributed by atoms with Crippen molar-refractivity contribution in [3.8, 4) is 5.88 Å². The van der Waals surface area contributed by atoms with Crippen molar-refractivity contribution in [2.24, 2.45) is 4.99 Å². The molecule has 9 nitrogen and oxygen atoms in total. The van der Waals surface area contributed by atoms with Gasteiger partial charge in [-0.15, -0.1) is 0 Å². The van der Waals surface area contributed by atoms with Crippen molar-refractivity contribution < 1.29 is 9.47 Å². The summed E-state index contributed by atoms with van der Waals surface area (Å²) in [5.74, 6) is 2.49. The summed E-state index contributed by atoms with van der Waals surface area (Å²) >= 11 is 0. The average Bonchev–Trinajstić information content (AvgIpc) is 3.20. The Hall–Kier alpha value is -2.68. The van der Waals surface area contributed by atoms with Crippen molar-refractivity contribution in [1.82, 2.24) is 30.4 Å². The molecule has 2 aromatic rings. The topological polar surface area (TPSA) is 98.5 Å². The van der Waals surface area contributed by atoms with Crippen molar-refractivity contribution in [1.29, 1.82) is 0 Å². The largest absolute Gasteiger partial charge is 0.474 e. The molecule has 1 unspecified atom stereocenters. The zero-order valence-corrected chi connectivity index (χ0v) is 16.2. The van der Waals surface area contributed by atoms with Crippen molar-refractivity contribution in [3.05, 3.63) is 36.0 Å². The highest BCUT2D eigenvalue weighted by Gasteiger charge is 2.20. The van der Waals surface area contributed by atoms with Gasteiger partial charge in [0.1, 0.15) is 18.3 Å². The van der Waals surface area contributed by atoms with Crippen LogP contribution in [0, 0.1) is 0 Å². The first-order valence-electron chi connectivity index (χ1n) is 9.83. The van der Waals surface area contributed by atoms with Crippen LogP contribution in [0.2, 0.25) is 0 Å². The first kappa shape index (κ1) is 18.7. The molecule has 9 heteroatoms. The van der Waals surface area contributed by atoms with Crippen LogP contribution < -0.4 is 15.4 Å². The number of ether oxygens (including phenoxy) is 2. The van der Waals surface area contributed by atoms with Crippen molar-refractivity contribution in [2.75, 3.05) is 20.3 Å². The number of fused-ring (bicyclic) bond motifs is 1. The van der Waals surface area contributed by atoms with Gasteiger partial charge in [0, 0.05) is 51.2 Å². The summed E-state index contributed by atoms with van der Waals surface area (Å²) in [4.78, 5) is 13.0. The second-order valence-electron chi connectivity index (χ2n) is 7.10. The summed E-state index contributed by atoms with van der Waals surface area (Å²) < 4.78 is 13.3. The summed E-state index contributed by atoms with van der Waals surface area (Å²) in [7, 11) is 1.78. The summed E-state index contributed by atoms with van der Waals surface area (Å²) in [6.07, 6.45) is 7.35. The molecular formula is C19H27N7O2. The van der Waals surface area contributed by atoms with Gasteiger partial charge in [0.2, 0.25) is 5.88 Å². The fraction of sp³-hybridized carbons (Fsp3) is 0.579. The molecule has 28 heavy (non-hydrogen) atoms. The van der Waals surface area contributed by atoms with E-state index in [9.17, 15) is 0 Å². The minimum atomic E-state index is 0.187. The van der Waals surface area contributed by atoms with Gasteiger partial charge in [0.15, 0.2) is 5.96 Å². The van der Waals surface area contributed by atoms with Crippen LogP contribution >= 0.6 is 0 Å². The van der Waals surface area contributed by atoms with E-state index in [-0.39, 0.29) is 12.1 Å². The Morgan fingerprint density at radius 2 is 2.21 bits per heavy atom. The summed E-state index contributed by atoms with van der Waals surface area (Å²) in [5, 5.41) is 11.1. The van der Waals surface area contributed by atoms with E-state index < -0.39 is 0 Å². The molecule has 0 bridgehead atoms. The predicted molar refractivity (Wildman–Crippen MR) is 104 cm³/mol. The van der Waals surface area contributed by atoms with E-state index >= 15 is 0 Å². The molecule has 1 saturated heterocycles. The number of pyridine rings is 1. The van der Waals surface area contributed by atoms with Gasteiger partial charge in [0.05, 0.1) is 19.8 Å². The number of aliphatic imine (C=N–C) groups is 1. The quantitative estimate of drug-likeness (QED) is 0.583. The average molecular weight is 385 g/mol. The molecule has 0 saturated carbocycles. The lowest BCUT2D eigenvalue weighted by Crippen LogP contribution is -2.46. The van der Waals surface area contributed by atoms with Crippen LogP contribution in [0.5, 0.6) is 5.88 Å². The van der Waals surface area contributed by atoms with Crippen LogP contribution in [0.25, 0.3) is 0 Å². The molecule has 150 valence electrons. The van der Waals surface area contributed by atoms with E-state index in [0.717, 1.165) is 62.8 Å². The van der Waals surface area contributed by atoms with Crippen LogP contribution in [-0.2, 0) is 24.2 Å². The smallest absolute Gasteiger partial charge is 0.213 e. The number of aryl methyl sites for hydroxylation is 1. The Labute approximate surface area is 164 Å². The summed E-state index contributed by atoms with van der Waals surface area (Å²) in [6.45, 7) is 2.96. The second-order valence-corrected chi connectivity index (χ2v) is 7.10. The first-order chi connectivity index (χ1) is 13.8. The van der Waals surface area contributed by atoms with Gasteiger partial charge in [-0.05, 0) is 18.1 Å². The third kappa shape index (κ3) is 4.78. The van der Waals surface area contributed by atoms with Crippen LogP contribution in [0.1, 0.15) is 30.7 Å². The number of nitrogens with one attached hydrogen (secondary N) is 2. The molecular weight excluding hydrogens is 358 g/mol. The number of aromatic nitrogens is 4. The fourth-order valence-corrected chi connectivity index (χ4v) is 3.52. The predicted octanol–water partition coefficient (Wildman–Crippen LogP) is 0.911. The molecule has 1 fully saturated rings. The highest BCUT2D eigenvalue weighted by molar-refractivity contribution is 5.79. The summed E-state index contributed by atoms with van der Waals surface area (Å²) in [6, 6.07) is 4.25. The molecule has 0 spiro atoms. The number of nitrogens with zero attached hydrogens (tertiary/aromatic N) is 5. The van der Waals surface area contributed by atoms with Crippen LogP contribution in [0.15, 0.2) is 29.6 Å². The summed E-state index contributed by atoms with van der Waals surface area (Å²) in [5.41, 5.74) is 1.10. The van der Waals surface area contributed by atoms with Gasteiger partial charge >= 0.3 is 0 Å². The zero-order chi connectivity index (χ0) is 19.2. The number of guanidine groups is 1. The normalized spacial score (nSPS) is 20.5. The third-order valence-electron chi connectivity index (χ3n) is 5.08. The van der Waals surface area contributed by atoms with E-state index in [1.54, 1.807) is 19.6 Å². The Morgan fingerprint density at radius 3 is 3.07 bits per heavy atom. The van der Waals surface area contributed by atoms with Gasteiger partial charge in [0.25, 0.3) is 0 Å². The lowest BCUT2D eigenvalue weighted by molar-refractivity contribution is 0.0237. The molecule has 2 aliphatic heterocycles. The van der Waals surface area contributed by atoms with E-state index in [4.69, 9.17) is 9.47 Å². The van der Waals surface area contributed by atoms with Crippen molar-refractivity contribution >= 4 is 5.96 Å². The molecule has 2 N–H and O–H groups in total. The van der Waals surface area contributed by atoms with Crippen LogP contribution in [0.3, 0.4) is 0 Å². The maximum Gasteiger partial charge on any atom is 0.213 e. The minimum absolute atomic E-state index is 0.187. The molecule has 1 atom stereocenters. The Morgan fingerprint density at radius 1 is 1.32 bits per heavy atom. The molecule has 0 aliphatic carbocycles. The van der Waals surface area contributed by atoms with Gasteiger partial charge in [-0.3, -0.25) is 4.99 Å². The molecule has 2 aromatic heterocycles. The van der Waals surface area contributed by atoms with E-state index in [2.05, 4.69) is 30.7 Å². The van der Waals surface area contributed by atoms with E-state index in [0.29, 0.717) is 12.4 Å². The number of hydrogen-bond acceptors (Lipinski definition) is 6. The SMILES string of the molecule is CN=C(NCc1ccnc(OC2CCOCC2)c1)NC1CCc2ncnn2C1. The lowest BCUT2D eigenvalue weighted by Gasteiger charge is -2.25. The minimum Gasteiger partial charge on any atom is -0.474 e. The molecule has 4 rings (SSSR count). The Balaban J connectivity index is 1.28. The van der Waals surface area contributed by atoms with Crippen LogP contribution in [0.4, 0.5) is 0 Å². The Kier molecular flexibility index (Phi) is 6.01. The van der Waals surface area contributed by atoms with E-state index in [1.807, 2.05) is 16.8 Å². The Bertz CT molecular complexity index is 801. The number of hydrogen-bond donors (Lipinski definition) is 2. The highest BCUT2D eigenvalue weighted by atomic mass is 16.5. The maximum absolute atomic E-state index is 6.00.